The molecular formula is C20H23BrN4O4. The standard InChI is InChI=1S/C20H23BrN4O4/c21-14-2-3-17-15(12-14)16(13-25(17)7-4-18(26)27)19(20(28)29)24-10-8-23(9-11-24)6-1-5-22/h2-3,12-13,19H,1,4,6-11H2,(H,26,27)(H,28,29)/t19-/m1/s1. The molecule has 1 atom stereocenters. The van der Waals surface area contributed by atoms with E-state index in [0.29, 0.717) is 44.7 Å². The lowest BCUT2D eigenvalue weighted by Crippen LogP contribution is -2.49. The van der Waals surface area contributed by atoms with Crippen molar-refractivity contribution in [2.75, 3.05) is 32.7 Å². The number of aryl methyl sites for hydroxylation is 1. The molecule has 0 amide bonds. The van der Waals surface area contributed by atoms with E-state index in [-0.39, 0.29) is 13.0 Å². The van der Waals surface area contributed by atoms with E-state index >= 15 is 0 Å². The van der Waals surface area contributed by atoms with E-state index in [1.165, 1.54) is 0 Å². The summed E-state index contributed by atoms with van der Waals surface area (Å²) in [5, 5.41) is 28.6. The number of hydrogen-bond donors (Lipinski definition) is 2. The smallest absolute Gasteiger partial charge is 0.325 e. The van der Waals surface area contributed by atoms with Crippen molar-refractivity contribution in [3.05, 3.63) is 34.4 Å². The quantitative estimate of drug-likeness (QED) is 0.619. The molecule has 1 aliphatic heterocycles. The molecule has 0 saturated carbocycles. The van der Waals surface area contributed by atoms with Crippen molar-refractivity contribution in [1.82, 2.24) is 14.4 Å². The molecule has 2 aromatic rings. The second kappa shape index (κ2) is 9.39. The molecule has 9 heteroatoms. The van der Waals surface area contributed by atoms with E-state index in [1.807, 2.05) is 27.7 Å². The number of carboxylic acid groups (broad SMARTS) is 2. The van der Waals surface area contributed by atoms with Crippen LogP contribution in [0.3, 0.4) is 0 Å². The Bertz CT molecular complexity index is 944. The van der Waals surface area contributed by atoms with Crippen LogP contribution >= 0.6 is 15.9 Å². The summed E-state index contributed by atoms with van der Waals surface area (Å²) in [5.74, 6) is -1.82. The molecular weight excluding hydrogens is 440 g/mol. The van der Waals surface area contributed by atoms with Crippen LogP contribution in [0.5, 0.6) is 0 Å². The summed E-state index contributed by atoms with van der Waals surface area (Å²) in [4.78, 5) is 27.4. The van der Waals surface area contributed by atoms with Crippen LogP contribution in [0, 0.1) is 11.3 Å². The molecule has 2 heterocycles. The van der Waals surface area contributed by atoms with Crippen molar-refractivity contribution >= 4 is 38.8 Å². The van der Waals surface area contributed by atoms with Crippen LogP contribution in [0.15, 0.2) is 28.9 Å². The van der Waals surface area contributed by atoms with Crippen LogP contribution in [0.2, 0.25) is 0 Å². The van der Waals surface area contributed by atoms with E-state index < -0.39 is 18.0 Å². The number of carboxylic acids is 2. The lowest BCUT2D eigenvalue weighted by molar-refractivity contribution is -0.144. The molecule has 29 heavy (non-hydrogen) atoms. The maximum absolute atomic E-state index is 12.2. The minimum absolute atomic E-state index is 0.0331. The van der Waals surface area contributed by atoms with E-state index in [0.717, 1.165) is 15.4 Å². The first-order chi connectivity index (χ1) is 13.9. The maximum atomic E-state index is 12.2. The molecule has 1 aromatic carbocycles. The Labute approximate surface area is 177 Å². The Morgan fingerprint density at radius 1 is 1.17 bits per heavy atom. The summed E-state index contributed by atoms with van der Waals surface area (Å²) in [7, 11) is 0. The highest BCUT2D eigenvalue weighted by Gasteiger charge is 2.32. The fourth-order valence-corrected chi connectivity index (χ4v) is 4.22. The van der Waals surface area contributed by atoms with Gasteiger partial charge >= 0.3 is 11.9 Å². The van der Waals surface area contributed by atoms with Crippen LogP contribution in [-0.2, 0) is 16.1 Å². The molecule has 0 aliphatic carbocycles. The normalized spacial score (nSPS) is 16.6. The van der Waals surface area contributed by atoms with Gasteiger partial charge in [0.05, 0.1) is 12.5 Å². The second-order valence-corrected chi connectivity index (χ2v) is 8.03. The number of piperazine rings is 1. The predicted molar refractivity (Wildman–Crippen MR) is 111 cm³/mol. The topological polar surface area (TPSA) is 110 Å². The molecule has 0 bridgehead atoms. The molecule has 3 rings (SSSR count). The third-order valence-corrected chi connectivity index (χ3v) is 5.77. The number of nitrogens with zero attached hydrogens (tertiary/aromatic N) is 4. The molecule has 2 N–H and O–H groups in total. The highest BCUT2D eigenvalue weighted by molar-refractivity contribution is 9.10. The van der Waals surface area contributed by atoms with E-state index in [4.69, 9.17) is 10.4 Å². The number of aliphatic carboxylic acids is 2. The molecule has 1 aromatic heterocycles. The van der Waals surface area contributed by atoms with Crippen molar-refractivity contribution in [2.45, 2.75) is 25.4 Å². The van der Waals surface area contributed by atoms with Crippen molar-refractivity contribution in [3.8, 4) is 6.07 Å². The minimum atomic E-state index is -0.923. The van der Waals surface area contributed by atoms with Gasteiger partial charge in [0.1, 0.15) is 6.04 Å². The summed E-state index contributed by atoms with van der Waals surface area (Å²) >= 11 is 3.45. The second-order valence-electron chi connectivity index (χ2n) is 7.11. The Morgan fingerprint density at radius 3 is 2.52 bits per heavy atom. The highest BCUT2D eigenvalue weighted by Crippen LogP contribution is 2.33. The number of hydrogen-bond acceptors (Lipinski definition) is 5. The third-order valence-electron chi connectivity index (χ3n) is 5.28. The average Bonchev–Trinajstić information content (AvgIpc) is 3.03. The Kier molecular flexibility index (Phi) is 6.90. The van der Waals surface area contributed by atoms with Crippen LogP contribution < -0.4 is 0 Å². The fourth-order valence-electron chi connectivity index (χ4n) is 3.86. The third kappa shape index (κ3) is 4.96. The van der Waals surface area contributed by atoms with Crippen LogP contribution in [0.25, 0.3) is 10.9 Å². The van der Waals surface area contributed by atoms with Gasteiger partial charge in [-0.05, 0) is 18.2 Å². The zero-order valence-corrected chi connectivity index (χ0v) is 17.5. The first-order valence-electron chi connectivity index (χ1n) is 9.47. The van der Waals surface area contributed by atoms with Gasteiger partial charge in [0.2, 0.25) is 0 Å². The number of benzene rings is 1. The van der Waals surface area contributed by atoms with Crippen molar-refractivity contribution in [1.29, 1.82) is 5.26 Å². The van der Waals surface area contributed by atoms with Gasteiger partial charge in [-0.2, -0.15) is 5.26 Å². The summed E-state index contributed by atoms with van der Waals surface area (Å²) in [6, 6.07) is 6.97. The Balaban J connectivity index is 1.91. The van der Waals surface area contributed by atoms with Crippen LogP contribution in [0.1, 0.15) is 24.4 Å². The summed E-state index contributed by atoms with van der Waals surface area (Å²) < 4.78 is 2.66. The van der Waals surface area contributed by atoms with Crippen molar-refractivity contribution in [2.24, 2.45) is 0 Å². The average molecular weight is 463 g/mol. The lowest BCUT2D eigenvalue weighted by atomic mass is 10.0. The molecule has 154 valence electrons. The lowest BCUT2D eigenvalue weighted by Gasteiger charge is -2.37. The minimum Gasteiger partial charge on any atom is -0.481 e. The van der Waals surface area contributed by atoms with Crippen LogP contribution in [0.4, 0.5) is 0 Å². The number of fused-ring (bicyclic) bond motifs is 1. The molecule has 1 aliphatic rings. The molecule has 0 radical (unpaired) electrons. The zero-order chi connectivity index (χ0) is 21.0. The highest BCUT2D eigenvalue weighted by atomic mass is 79.9. The maximum Gasteiger partial charge on any atom is 0.325 e. The number of halogens is 1. The molecule has 1 saturated heterocycles. The van der Waals surface area contributed by atoms with E-state index in [9.17, 15) is 14.7 Å². The summed E-state index contributed by atoms with van der Waals surface area (Å²) in [6.07, 6.45) is 2.21. The molecule has 8 nitrogen and oxygen atoms in total. The predicted octanol–water partition coefficient (Wildman–Crippen LogP) is 2.54. The Morgan fingerprint density at radius 2 is 1.90 bits per heavy atom. The van der Waals surface area contributed by atoms with E-state index in [2.05, 4.69) is 26.9 Å². The van der Waals surface area contributed by atoms with Gasteiger partial charge < -0.3 is 14.8 Å². The molecule has 1 fully saturated rings. The van der Waals surface area contributed by atoms with Gasteiger partial charge in [-0.3, -0.25) is 19.4 Å². The van der Waals surface area contributed by atoms with Gasteiger partial charge in [-0.25, -0.2) is 0 Å². The monoisotopic (exact) mass is 462 g/mol. The summed E-state index contributed by atoms with van der Waals surface area (Å²) in [5.41, 5.74) is 1.49. The SMILES string of the molecule is N#CCCN1CCN([C@@H](C(=O)O)c2cn(CCC(=O)O)c3ccc(Br)cc23)CC1. The van der Waals surface area contributed by atoms with Gasteiger partial charge in [-0.1, -0.05) is 15.9 Å². The van der Waals surface area contributed by atoms with Gasteiger partial charge in [0.25, 0.3) is 0 Å². The van der Waals surface area contributed by atoms with Crippen LogP contribution in [-0.4, -0.2) is 69.2 Å². The Hall–Kier alpha value is -2.41. The first-order valence-corrected chi connectivity index (χ1v) is 10.3. The van der Waals surface area contributed by atoms with Gasteiger partial charge in [-0.15, -0.1) is 0 Å². The molecule has 0 spiro atoms. The van der Waals surface area contributed by atoms with Crippen molar-refractivity contribution < 1.29 is 19.8 Å². The number of nitriles is 1. The molecule has 0 unspecified atom stereocenters. The van der Waals surface area contributed by atoms with E-state index in [1.54, 1.807) is 6.20 Å². The fraction of sp³-hybridized carbons (Fsp3) is 0.450. The van der Waals surface area contributed by atoms with Crippen molar-refractivity contribution in [3.63, 3.8) is 0 Å². The summed E-state index contributed by atoms with van der Waals surface area (Å²) in [6.45, 7) is 3.60. The van der Waals surface area contributed by atoms with Gasteiger partial charge in [0, 0.05) is 72.8 Å². The number of aromatic nitrogens is 1. The largest absolute Gasteiger partial charge is 0.481 e. The zero-order valence-electron chi connectivity index (χ0n) is 15.9. The number of rotatable bonds is 8. The van der Waals surface area contributed by atoms with Gasteiger partial charge in [0.15, 0.2) is 0 Å². The first kappa shape index (κ1) is 21.3. The number of carbonyl (C=O) groups is 2.